The van der Waals surface area contributed by atoms with E-state index in [1.807, 2.05) is 37.6 Å². The van der Waals surface area contributed by atoms with Crippen molar-refractivity contribution < 1.29 is 9.53 Å². The molecule has 31 heavy (non-hydrogen) atoms. The molecule has 1 atom stereocenters. The first-order valence-electron chi connectivity index (χ1n) is 10.9. The molecule has 8 heteroatoms. The molecule has 0 spiro atoms. The predicted octanol–water partition coefficient (Wildman–Crippen LogP) is 2.75. The zero-order chi connectivity index (χ0) is 21.7. The molecule has 1 aliphatic heterocycles. The summed E-state index contributed by atoms with van der Waals surface area (Å²) in [6.45, 7) is 6.34. The lowest BCUT2D eigenvalue weighted by molar-refractivity contribution is -0.122. The van der Waals surface area contributed by atoms with Gasteiger partial charge in [-0.15, -0.1) is 0 Å². The Balaban J connectivity index is 1.37. The number of nitrogens with one attached hydrogen (secondary N) is 1. The lowest BCUT2D eigenvalue weighted by Crippen LogP contribution is -2.35. The minimum absolute atomic E-state index is 0.122. The summed E-state index contributed by atoms with van der Waals surface area (Å²) in [5, 5.41) is 12.8. The van der Waals surface area contributed by atoms with Gasteiger partial charge in [0.1, 0.15) is 17.8 Å². The number of rotatable bonds is 5. The topological polar surface area (TPSA) is 91.0 Å². The Kier molecular flexibility index (Phi) is 4.79. The number of amides is 1. The summed E-state index contributed by atoms with van der Waals surface area (Å²) in [7, 11) is 0. The van der Waals surface area contributed by atoms with Gasteiger partial charge in [0.2, 0.25) is 5.91 Å². The zero-order valence-corrected chi connectivity index (χ0v) is 18.1. The van der Waals surface area contributed by atoms with E-state index in [0.717, 1.165) is 60.4 Å². The summed E-state index contributed by atoms with van der Waals surface area (Å²) in [5.74, 6) is 0.680. The van der Waals surface area contributed by atoms with Crippen molar-refractivity contribution >= 4 is 16.8 Å². The lowest BCUT2D eigenvalue weighted by atomic mass is 10.00. The molecule has 3 heterocycles. The summed E-state index contributed by atoms with van der Waals surface area (Å²) >= 11 is 0. The number of ether oxygens (including phenoxy) is 1. The van der Waals surface area contributed by atoms with Crippen LogP contribution in [0.25, 0.3) is 10.9 Å². The van der Waals surface area contributed by atoms with Gasteiger partial charge in [0, 0.05) is 0 Å². The highest BCUT2D eigenvalue weighted by atomic mass is 16.5. The highest BCUT2D eigenvalue weighted by Gasteiger charge is 2.29. The number of aryl methyl sites for hydroxylation is 3. The highest BCUT2D eigenvalue weighted by molar-refractivity contribution is 5.83. The molecule has 0 saturated heterocycles. The minimum Gasteiger partial charge on any atom is -0.493 e. The number of aromatic nitrogens is 4. The van der Waals surface area contributed by atoms with Gasteiger partial charge in [-0.05, 0) is 63.6 Å². The van der Waals surface area contributed by atoms with Crippen molar-refractivity contribution in [1.29, 1.82) is 0 Å². The molecule has 1 aliphatic carbocycles. The van der Waals surface area contributed by atoms with Gasteiger partial charge in [0.25, 0.3) is 5.56 Å². The fourth-order valence-corrected chi connectivity index (χ4v) is 4.43. The Morgan fingerprint density at radius 3 is 2.81 bits per heavy atom. The maximum absolute atomic E-state index is 13.1. The number of carbonyl (C=O) groups excluding carboxylic acids is 1. The van der Waals surface area contributed by atoms with E-state index in [4.69, 9.17) is 4.74 Å². The van der Waals surface area contributed by atoms with Gasteiger partial charge >= 0.3 is 0 Å². The standard InChI is InChI=1S/C23H27N5O3/c1-13(16-6-9-19-17(11-16)5-4-10-31-19)24-20(29)12-27-23(30)22-21(14(2)25-27)15(3)26-28(22)18-7-8-18/h6,9,11,13,18H,4-5,7-8,10,12H2,1-3H3,(H,24,29). The molecular weight excluding hydrogens is 394 g/mol. The van der Waals surface area contributed by atoms with Crippen LogP contribution >= 0.6 is 0 Å². The van der Waals surface area contributed by atoms with Gasteiger partial charge in [0.15, 0.2) is 0 Å². The summed E-state index contributed by atoms with van der Waals surface area (Å²) in [6.07, 6.45) is 4.04. The van der Waals surface area contributed by atoms with Crippen molar-refractivity contribution in [2.75, 3.05) is 6.61 Å². The second-order valence-corrected chi connectivity index (χ2v) is 8.64. The van der Waals surface area contributed by atoms with Crippen LogP contribution < -0.4 is 15.6 Å². The van der Waals surface area contributed by atoms with Crippen LogP contribution in [-0.2, 0) is 17.8 Å². The van der Waals surface area contributed by atoms with E-state index < -0.39 is 0 Å². The van der Waals surface area contributed by atoms with Crippen LogP contribution in [0, 0.1) is 13.8 Å². The Labute approximate surface area is 180 Å². The van der Waals surface area contributed by atoms with E-state index in [9.17, 15) is 9.59 Å². The molecule has 1 amide bonds. The second-order valence-electron chi connectivity index (χ2n) is 8.64. The normalized spacial score (nSPS) is 16.6. The van der Waals surface area contributed by atoms with E-state index >= 15 is 0 Å². The molecule has 1 fully saturated rings. The molecule has 1 aromatic carbocycles. The maximum atomic E-state index is 13.1. The largest absolute Gasteiger partial charge is 0.493 e. The van der Waals surface area contributed by atoms with Crippen molar-refractivity contribution in [2.45, 2.75) is 65.1 Å². The molecule has 2 aliphatic rings. The zero-order valence-electron chi connectivity index (χ0n) is 18.1. The minimum atomic E-state index is -0.262. The summed E-state index contributed by atoms with van der Waals surface area (Å²) in [6, 6.07) is 6.14. The monoisotopic (exact) mass is 421 g/mol. The van der Waals surface area contributed by atoms with Gasteiger partial charge in [-0.2, -0.15) is 10.2 Å². The van der Waals surface area contributed by atoms with Crippen molar-refractivity contribution in [1.82, 2.24) is 24.9 Å². The maximum Gasteiger partial charge on any atom is 0.293 e. The van der Waals surface area contributed by atoms with Crippen LogP contribution in [-0.4, -0.2) is 32.1 Å². The smallest absolute Gasteiger partial charge is 0.293 e. The molecular formula is C23H27N5O3. The van der Waals surface area contributed by atoms with Gasteiger partial charge < -0.3 is 10.1 Å². The van der Waals surface area contributed by atoms with E-state index in [0.29, 0.717) is 5.52 Å². The van der Waals surface area contributed by atoms with Gasteiger partial charge in [-0.1, -0.05) is 12.1 Å². The third-order valence-electron chi connectivity index (χ3n) is 6.15. The number of fused-ring (bicyclic) bond motifs is 2. The third kappa shape index (κ3) is 3.60. The summed E-state index contributed by atoms with van der Waals surface area (Å²) < 4.78 is 8.76. The van der Waals surface area contributed by atoms with Crippen LogP contribution in [0.1, 0.15) is 60.8 Å². The number of hydrogen-bond acceptors (Lipinski definition) is 5. The summed E-state index contributed by atoms with van der Waals surface area (Å²) in [4.78, 5) is 25.9. The summed E-state index contributed by atoms with van der Waals surface area (Å²) in [5.41, 5.74) is 4.02. The highest BCUT2D eigenvalue weighted by Crippen LogP contribution is 2.36. The molecule has 5 rings (SSSR count). The van der Waals surface area contributed by atoms with Crippen molar-refractivity contribution in [3.05, 3.63) is 51.1 Å². The Morgan fingerprint density at radius 1 is 1.26 bits per heavy atom. The molecule has 1 N–H and O–H groups in total. The molecule has 1 unspecified atom stereocenters. The number of hydrogen-bond donors (Lipinski definition) is 1. The Hall–Kier alpha value is -3.16. The predicted molar refractivity (Wildman–Crippen MR) is 116 cm³/mol. The first kappa shape index (κ1) is 19.8. The fourth-order valence-electron chi connectivity index (χ4n) is 4.43. The van der Waals surface area contributed by atoms with E-state index in [1.165, 1.54) is 10.2 Å². The van der Waals surface area contributed by atoms with Crippen LogP contribution in [0.4, 0.5) is 0 Å². The van der Waals surface area contributed by atoms with Gasteiger partial charge in [0.05, 0.1) is 35.5 Å². The quantitative estimate of drug-likeness (QED) is 0.684. The van der Waals surface area contributed by atoms with Crippen molar-refractivity contribution in [3.8, 4) is 5.75 Å². The lowest BCUT2D eigenvalue weighted by Gasteiger charge is -2.20. The molecule has 8 nitrogen and oxygen atoms in total. The average molecular weight is 422 g/mol. The Morgan fingerprint density at radius 2 is 2.03 bits per heavy atom. The number of carbonyl (C=O) groups is 1. The van der Waals surface area contributed by atoms with Crippen molar-refractivity contribution in [2.24, 2.45) is 0 Å². The van der Waals surface area contributed by atoms with Gasteiger partial charge in [-0.3, -0.25) is 14.3 Å². The first-order chi connectivity index (χ1) is 14.9. The third-order valence-corrected chi connectivity index (χ3v) is 6.15. The molecule has 162 valence electrons. The number of nitrogens with zero attached hydrogens (tertiary/aromatic N) is 4. The van der Waals surface area contributed by atoms with E-state index in [-0.39, 0.29) is 30.1 Å². The fraction of sp³-hybridized carbons (Fsp3) is 0.478. The molecule has 3 aromatic rings. The van der Waals surface area contributed by atoms with Crippen LogP contribution in [0.2, 0.25) is 0 Å². The molecule has 1 saturated carbocycles. The van der Waals surface area contributed by atoms with Crippen molar-refractivity contribution in [3.63, 3.8) is 0 Å². The first-order valence-corrected chi connectivity index (χ1v) is 10.9. The molecule has 0 bridgehead atoms. The SMILES string of the molecule is Cc1nn(CC(=O)NC(C)c2ccc3c(c2)CCCO3)c(=O)c2c1c(C)nn2C1CC1. The van der Waals surface area contributed by atoms with Crippen LogP contribution in [0.5, 0.6) is 5.75 Å². The Bertz CT molecular complexity index is 1240. The van der Waals surface area contributed by atoms with E-state index in [1.54, 1.807) is 0 Å². The van der Waals surface area contributed by atoms with E-state index in [2.05, 4.69) is 21.6 Å². The molecule has 2 aromatic heterocycles. The number of benzene rings is 1. The molecule has 0 radical (unpaired) electrons. The van der Waals surface area contributed by atoms with Crippen LogP contribution in [0.3, 0.4) is 0 Å². The van der Waals surface area contributed by atoms with Gasteiger partial charge in [-0.25, -0.2) is 4.68 Å². The average Bonchev–Trinajstić information content (AvgIpc) is 3.53. The second kappa shape index (κ2) is 7.51. The van der Waals surface area contributed by atoms with Crippen LogP contribution in [0.15, 0.2) is 23.0 Å².